The molecule has 0 aliphatic heterocycles. The molecule has 1 amide bonds. The second-order valence-corrected chi connectivity index (χ2v) is 5.39. The molecule has 0 spiro atoms. The summed E-state index contributed by atoms with van der Waals surface area (Å²) < 4.78 is 0. The number of benzene rings is 1. The fourth-order valence-electron chi connectivity index (χ4n) is 2.05. The van der Waals surface area contributed by atoms with Crippen LogP contribution in [0.15, 0.2) is 18.2 Å². The van der Waals surface area contributed by atoms with E-state index in [9.17, 15) is 9.59 Å². The van der Waals surface area contributed by atoms with E-state index in [1.165, 1.54) is 6.07 Å². The maximum atomic E-state index is 12.1. The molecule has 0 saturated carbocycles. The Morgan fingerprint density at radius 3 is 2.50 bits per heavy atom. The first-order valence-corrected chi connectivity index (χ1v) is 6.70. The lowest BCUT2D eigenvalue weighted by Crippen LogP contribution is -2.30. The van der Waals surface area contributed by atoms with Crippen LogP contribution in [0.1, 0.15) is 36.2 Å². The largest absolute Gasteiger partial charge is 0.478 e. The molecule has 0 heterocycles. The minimum Gasteiger partial charge on any atom is -0.478 e. The number of anilines is 1. The smallest absolute Gasteiger partial charge is 0.336 e. The molecular formula is C15H22N2O3. The topological polar surface area (TPSA) is 92.4 Å². The van der Waals surface area contributed by atoms with Crippen LogP contribution in [0, 0.1) is 18.8 Å². The number of carbonyl (C=O) groups excluding carboxylic acids is 1. The molecule has 4 N–H and O–H groups in total. The van der Waals surface area contributed by atoms with Crippen molar-refractivity contribution in [2.24, 2.45) is 17.6 Å². The van der Waals surface area contributed by atoms with Gasteiger partial charge in [-0.05, 0) is 37.0 Å². The van der Waals surface area contributed by atoms with Crippen molar-refractivity contribution in [1.29, 1.82) is 0 Å². The summed E-state index contributed by atoms with van der Waals surface area (Å²) in [4.78, 5) is 23.2. The van der Waals surface area contributed by atoms with Crippen LogP contribution < -0.4 is 11.1 Å². The molecule has 0 radical (unpaired) electrons. The van der Waals surface area contributed by atoms with E-state index in [0.29, 0.717) is 23.6 Å². The van der Waals surface area contributed by atoms with Crippen molar-refractivity contribution in [3.05, 3.63) is 29.3 Å². The highest BCUT2D eigenvalue weighted by atomic mass is 16.4. The van der Waals surface area contributed by atoms with Crippen molar-refractivity contribution >= 4 is 17.6 Å². The van der Waals surface area contributed by atoms with Crippen molar-refractivity contribution in [3.63, 3.8) is 0 Å². The molecule has 0 fully saturated rings. The van der Waals surface area contributed by atoms with Gasteiger partial charge in [0.05, 0.1) is 11.5 Å². The van der Waals surface area contributed by atoms with Gasteiger partial charge in [0.25, 0.3) is 0 Å². The highest BCUT2D eigenvalue weighted by Crippen LogP contribution is 2.18. The lowest BCUT2D eigenvalue weighted by Gasteiger charge is -2.17. The summed E-state index contributed by atoms with van der Waals surface area (Å²) in [5.41, 5.74) is 6.96. The molecule has 110 valence electrons. The first-order valence-electron chi connectivity index (χ1n) is 6.70. The number of carbonyl (C=O) groups is 2. The van der Waals surface area contributed by atoms with Crippen LogP contribution in [-0.2, 0) is 4.79 Å². The van der Waals surface area contributed by atoms with Gasteiger partial charge in [0, 0.05) is 12.2 Å². The number of aryl methyl sites for hydroxylation is 1. The fourth-order valence-corrected chi connectivity index (χ4v) is 2.05. The van der Waals surface area contributed by atoms with E-state index in [-0.39, 0.29) is 23.9 Å². The molecule has 1 unspecified atom stereocenters. The number of rotatable bonds is 6. The zero-order chi connectivity index (χ0) is 15.3. The van der Waals surface area contributed by atoms with Gasteiger partial charge < -0.3 is 16.2 Å². The van der Waals surface area contributed by atoms with Gasteiger partial charge >= 0.3 is 5.97 Å². The van der Waals surface area contributed by atoms with E-state index >= 15 is 0 Å². The third-order valence-electron chi connectivity index (χ3n) is 3.15. The van der Waals surface area contributed by atoms with Crippen LogP contribution >= 0.6 is 0 Å². The molecule has 5 nitrogen and oxygen atoms in total. The van der Waals surface area contributed by atoms with Gasteiger partial charge in [0.1, 0.15) is 0 Å². The zero-order valence-electron chi connectivity index (χ0n) is 12.1. The van der Waals surface area contributed by atoms with Gasteiger partial charge in [-0.2, -0.15) is 0 Å². The zero-order valence-corrected chi connectivity index (χ0v) is 12.1. The maximum Gasteiger partial charge on any atom is 0.336 e. The molecule has 0 aliphatic carbocycles. The Morgan fingerprint density at radius 2 is 2.00 bits per heavy atom. The number of nitrogens with one attached hydrogen (secondary N) is 1. The van der Waals surface area contributed by atoms with E-state index in [2.05, 4.69) is 5.32 Å². The van der Waals surface area contributed by atoms with Crippen molar-refractivity contribution < 1.29 is 14.7 Å². The quantitative estimate of drug-likeness (QED) is 0.744. The summed E-state index contributed by atoms with van der Waals surface area (Å²) in [5, 5.41) is 11.8. The maximum absolute atomic E-state index is 12.1. The number of amides is 1. The van der Waals surface area contributed by atoms with E-state index in [4.69, 9.17) is 10.8 Å². The number of hydrogen-bond acceptors (Lipinski definition) is 3. The Labute approximate surface area is 119 Å². The molecule has 1 aromatic carbocycles. The van der Waals surface area contributed by atoms with Crippen LogP contribution in [0.4, 0.5) is 5.69 Å². The number of nitrogens with two attached hydrogens (primary N) is 1. The predicted octanol–water partition coefficient (Wildman–Crippen LogP) is 2.25. The molecule has 5 heteroatoms. The predicted molar refractivity (Wildman–Crippen MR) is 78.8 cm³/mol. The molecule has 20 heavy (non-hydrogen) atoms. The van der Waals surface area contributed by atoms with Crippen molar-refractivity contribution in [3.8, 4) is 0 Å². The lowest BCUT2D eigenvalue weighted by atomic mass is 9.96. The summed E-state index contributed by atoms with van der Waals surface area (Å²) in [5.74, 6) is -1.05. The van der Waals surface area contributed by atoms with Gasteiger partial charge in [-0.1, -0.05) is 19.9 Å². The van der Waals surface area contributed by atoms with Gasteiger partial charge in [-0.25, -0.2) is 4.79 Å². The van der Waals surface area contributed by atoms with E-state index in [1.807, 2.05) is 13.8 Å². The van der Waals surface area contributed by atoms with Crippen molar-refractivity contribution in [2.45, 2.75) is 27.2 Å². The van der Waals surface area contributed by atoms with Gasteiger partial charge in [-0.3, -0.25) is 4.79 Å². The second-order valence-electron chi connectivity index (χ2n) is 5.39. The van der Waals surface area contributed by atoms with Crippen LogP contribution in [0.2, 0.25) is 0 Å². The standard InChI is InChI=1S/C15H22N2O3/c1-9(2)6-11(8-16)14(18)17-12-5-4-10(3)13(7-12)15(19)20/h4-5,7,9,11H,6,8,16H2,1-3H3,(H,17,18)(H,19,20). The van der Waals surface area contributed by atoms with Crippen LogP contribution in [-0.4, -0.2) is 23.5 Å². The third-order valence-corrected chi connectivity index (χ3v) is 3.15. The molecule has 1 rings (SSSR count). The average Bonchev–Trinajstić information content (AvgIpc) is 2.37. The van der Waals surface area contributed by atoms with Crippen LogP contribution in [0.3, 0.4) is 0 Å². The Balaban J connectivity index is 2.84. The van der Waals surface area contributed by atoms with Gasteiger partial charge in [-0.15, -0.1) is 0 Å². The Bertz CT molecular complexity index is 498. The monoisotopic (exact) mass is 278 g/mol. The van der Waals surface area contributed by atoms with E-state index in [1.54, 1.807) is 19.1 Å². The molecule has 1 aromatic rings. The first-order chi connectivity index (χ1) is 9.35. The van der Waals surface area contributed by atoms with E-state index in [0.717, 1.165) is 0 Å². The lowest BCUT2D eigenvalue weighted by molar-refractivity contribution is -0.120. The summed E-state index contributed by atoms with van der Waals surface area (Å²) in [6.07, 6.45) is 0.708. The van der Waals surface area contributed by atoms with Crippen molar-refractivity contribution in [2.75, 3.05) is 11.9 Å². The van der Waals surface area contributed by atoms with E-state index < -0.39 is 5.97 Å². The fraction of sp³-hybridized carbons (Fsp3) is 0.467. The molecule has 0 saturated heterocycles. The molecular weight excluding hydrogens is 256 g/mol. The summed E-state index contributed by atoms with van der Waals surface area (Å²) in [6.45, 7) is 6.06. The first kappa shape index (κ1) is 16.2. The summed E-state index contributed by atoms with van der Waals surface area (Å²) in [7, 11) is 0. The normalized spacial score (nSPS) is 12.2. The minimum atomic E-state index is -1.00. The third kappa shape index (κ3) is 4.35. The Hall–Kier alpha value is -1.88. The summed E-state index contributed by atoms with van der Waals surface area (Å²) in [6, 6.07) is 4.85. The molecule has 0 aliphatic rings. The minimum absolute atomic E-state index is 0.165. The number of carboxylic acid groups (broad SMARTS) is 1. The Kier molecular flexibility index (Phi) is 5.70. The average molecular weight is 278 g/mol. The highest BCUT2D eigenvalue weighted by molar-refractivity contribution is 5.95. The molecule has 0 bridgehead atoms. The van der Waals surface area contributed by atoms with Crippen LogP contribution in [0.5, 0.6) is 0 Å². The molecule has 1 atom stereocenters. The van der Waals surface area contributed by atoms with Crippen molar-refractivity contribution in [1.82, 2.24) is 0 Å². The number of carboxylic acids is 1. The molecule has 0 aromatic heterocycles. The Morgan fingerprint density at radius 1 is 1.35 bits per heavy atom. The number of hydrogen-bond donors (Lipinski definition) is 3. The SMILES string of the molecule is Cc1ccc(NC(=O)C(CN)CC(C)C)cc1C(=O)O. The van der Waals surface area contributed by atoms with Gasteiger partial charge in [0.15, 0.2) is 0 Å². The summed E-state index contributed by atoms with van der Waals surface area (Å²) >= 11 is 0. The second kappa shape index (κ2) is 7.05. The number of aromatic carboxylic acids is 1. The van der Waals surface area contributed by atoms with Crippen LogP contribution in [0.25, 0.3) is 0 Å². The van der Waals surface area contributed by atoms with Gasteiger partial charge in [0.2, 0.25) is 5.91 Å². The highest BCUT2D eigenvalue weighted by Gasteiger charge is 2.19.